The summed E-state index contributed by atoms with van der Waals surface area (Å²) in [6.45, 7) is 2.32. The minimum Gasteiger partial charge on any atom is -0.485 e. The van der Waals surface area contributed by atoms with Crippen molar-refractivity contribution in [3.63, 3.8) is 0 Å². The van der Waals surface area contributed by atoms with E-state index in [4.69, 9.17) is 13.6 Å². The zero-order chi connectivity index (χ0) is 14.9. The lowest BCUT2D eigenvalue weighted by molar-refractivity contribution is 0.190. The van der Waals surface area contributed by atoms with E-state index in [9.17, 15) is 0 Å². The van der Waals surface area contributed by atoms with Gasteiger partial charge in [-0.3, -0.25) is 0 Å². The van der Waals surface area contributed by atoms with Gasteiger partial charge in [0.2, 0.25) is 0 Å². The molecular formula is C19H20O3. The van der Waals surface area contributed by atoms with Crippen LogP contribution in [0.4, 0.5) is 0 Å². The van der Waals surface area contributed by atoms with Gasteiger partial charge in [0.05, 0.1) is 24.2 Å². The summed E-state index contributed by atoms with van der Waals surface area (Å²) in [7, 11) is 0. The van der Waals surface area contributed by atoms with E-state index in [1.54, 1.807) is 18.8 Å². The van der Waals surface area contributed by atoms with E-state index in [2.05, 4.69) is 6.92 Å². The fraction of sp³-hybridized carbons (Fsp3) is 0.368. The first-order valence-corrected chi connectivity index (χ1v) is 7.96. The predicted octanol–water partition coefficient (Wildman–Crippen LogP) is 5.58. The standard InChI is InChI=1S/C19H20O3/c1-13-11-14(13)5-6-17(15-7-9-20-12-15)22-19-4-2-3-18-16(19)8-10-21-18/h2-4,7-10,12-14,17H,5-6,11H2,1H3/t13?,14-,17+/m1/s1. The first kappa shape index (κ1) is 13.5. The SMILES string of the molecule is CC1C[C@H]1CC[C@H](Oc1cccc2occc12)c1ccoc1. The molecular weight excluding hydrogens is 276 g/mol. The molecule has 3 nitrogen and oxygen atoms in total. The highest BCUT2D eigenvalue weighted by Gasteiger charge is 2.33. The minimum atomic E-state index is 0.0343. The van der Waals surface area contributed by atoms with Crippen LogP contribution in [-0.4, -0.2) is 0 Å². The van der Waals surface area contributed by atoms with Crippen molar-refractivity contribution in [2.45, 2.75) is 32.3 Å². The van der Waals surface area contributed by atoms with Crippen molar-refractivity contribution in [2.24, 2.45) is 11.8 Å². The number of rotatable bonds is 6. The van der Waals surface area contributed by atoms with E-state index in [-0.39, 0.29) is 6.10 Å². The Labute approximate surface area is 129 Å². The molecule has 3 atom stereocenters. The Morgan fingerprint density at radius 3 is 2.91 bits per heavy atom. The topological polar surface area (TPSA) is 35.5 Å². The number of fused-ring (bicyclic) bond motifs is 1. The van der Waals surface area contributed by atoms with Crippen LogP contribution in [0.3, 0.4) is 0 Å². The Hall–Kier alpha value is -2.16. The van der Waals surface area contributed by atoms with Crippen LogP contribution in [0, 0.1) is 11.8 Å². The van der Waals surface area contributed by atoms with Gasteiger partial charge in [0.1, 0.15) is 17.4 Å². The average Bonchev–Trinajstić information content (AvgIpc) is 2.99. The molecule has 2 heterocycles. The zero-order valence-corrected chi connectivity index (χ0v) is 12.7. The van der Waals surface area contributed by atoms with Gasteiger partial charge in [0, 0.05) is 5.56 Å². The van der Waals surface area contributed by atoms with Crippen molar-refractivity contribution in [1.29, 1.82) is 0 Å². The van der Waals surface area contributed by atoms with Gasteiger partial charge in [0.15, 0.2) is 0 Å². The molecule has 2 aromatic heterocycles. The monoisotopic (exact) mass is 296 g/mol. The molecule has 114 valence electrons. The molecule has 1 fully saturated rings. The van der Waals surface area contributed by atoms with Crippen LogP contribution in [0.5, 0.6) is 5.75 Å². The van der Waals surface area contributed by atoms with Crippen LogP contribution in [-0.2, 0) is 0 Å². The molecule has 0 aliphatic heterocycles. The molecule has 3 heteroatoms. The summed E-state index contributed by atoms with van der Waals surface area (Å²) in [5.41, 5.74) is 1.97. The van der Waals surface area contributed by atoms with E-state index in [1.165, 1.54) is 12.8 Å². The summed E-state index contributed by atoms with van der Waals surface area (Å²) >= 11 is 0. The van der Waals surface area contributed by atoms with Crippen LogP contribution in [0.1, 0.15) is 37.9 Å². The molecule has 3 aromatic rings. The molecule has 0 amide bonds. The normalized spacial score (nSPS) is 21.9. The Balaban J connectivity index is 1.56. The third kappa shape index (κ3) is 2.63. The number of benzene rings is 1. The van der Waals surface area contributed by atoms with Gasteiger partial charge in [-0.1, -0.05) is 13.0 Å². The Morgan fingerprint density at radius 2 is 2.14 bits per heavy atom. The second-order valence-corrected chi connectivity index (χ2v) is 6.30. The van der Waals surface area contributed by atoms with Gasteiger partial charge in [-0.25, -0.2) is 0 Å². The third-order valence-electron chi connectivity index (χ3n) is 4.72. The molecule has 1 aliphatic rings. The molecule has 4 rings (SSSR count). The summed E-state index contributed by atoms with van der Waals surface area (Å²) in [5.74, 6) is 2.62. The second kappa shape index (κ2) is 5.56. The largest absolute Gasteiger partial charge is 0.485 e. The van der Waals surface area contributed by atoms with E-state index in [0.717, 1.165) is 40.5 Å². The molecule has 1 aromatic carbocycles. The van der Waals surface area contributed by atoms with Gasteiger partial charge < -0.3 is 13.6 Å². The minimum absolute atomic E-state index is 0.0343. The quantitative estimate of drug-likeness (QED) is 0.595. The lowest BCUT2D eigenvalue weighted by Crippen LogP contribution is -2.07. The van der Waals surface area contributed by atoms with Crippen LogP contribution < -0.4 is 4.74 Å². The van der Waals surface area contributed by atoms with Crippen LogP contribution in [0.25, 0.3) is 11.0 Å². The van der Waals surface area contributed by atoms with Gasteiger partial charge in [0.25, 0.3) is 0 Å². The van der Waals surface area contributed by atoms with E-state index in [1.807, 2.05) is 30.3 Å². The summed E-state index contributed by atoms with van der Waals surface area (Å²) < 4.78 is 17.0. The van der Waals surface area contributed by atoms with Crippen LogP contribution in [0.2, 0.25) is 0 Å². The van der Waals surface area contributed by atoms with E-state index < -0.39 is 0 Å². The van der Waals surface area contributed by atoms with Crippen molar-refractivity contribution >= 4 is 11.0 Å². The van der Waals surface area contributed by atoms with Crippen molar-refractivity contribution in [1.82, 2.24) is 0 Å². The number of hydrogen-bond donors (Lipinski definition) is 0. The summed E-state index contributed by atoms with van der Waals surface area (Å²) in [6, 6.07) is 9.89. The van der Waals surface area contributed by atoms with Gasteiger partial charge in [-0.2, -0.15) is 0 Å². The lowest BCUT2D eigenvalue weighted by Gasteiger charge is -2.18. The molecule has 0 N–H and O–H groups in total. The highest BCUT2D eigenvalue weighted by molar-refractivity contribution is 5.83. The smallest absolute Gasteiger partial charge is 0.137 e. The van der Waals surface area contributed by atoms with Gasteiger partial charge in [-0.05, 0) is 55.4 Å². The number of hydrogen-bond acceptors (Lipinski definition) is 3. The Bertz CT molecular complexity index is 741. The second-order valence-electron chi connectivity index (χ2n) is 6.30. The first-order chi connectivity index (χ1) is 10.8. The summed E-state index contributed by atoms with van der Waals surface area (Å²) in [4.78, 5) is 0. The summed E-state index contributed by atoms with van der Waals surface area (Å²) in [5, 5.41) is 1.02. The highest BCUT2D eigenvalue weighted by atomic mass is 16.5. The van der Waals surface area contributed by atoms with Crippen molar-refractivity contribution in [3.05, 3.63) is 54.7 Å². The maximum atomic E-state index is 6.32. The summed E-state index contributed by atoms with van der Waals surface area (Å²) in [6.07, 6.45) is 8.82. The lowest BCUT2D eigenvalue weighted by atomic mass is 10.0. The number of furan rings is 2. The molecule has 1 unspecified atom stereocenters. The van der Waals surface area contributed by atoms with E-state index >= 15 is 0 Å². The number of ether oxygens (including phenoxy) is 1. The fourth-order valence-corrected chi connectivity index (χ4v) is 3.14. The molecule has 22 heavy (non-hydrogen) atoms. The average molecular weight is 296 g/mol. The molecule has 0 radical (unpaired) electrons. The van der Waals surface area contributed by atoms with Crippen LogP contribution in [0.15, 0.2) is 58.0 Å². The Kier molecular flexibility index (Phi) is 3.41. The van der Waals surface area contributed by atoms with Gasteiger partial charge in [-0.15, -0.1) is 0 Å². The van der Waals surface area contributed by atoms with E-state index in [0.29, 0.717) is 0 Å². The van der Waals surface area contributed by atoms with Crippen LogP contribution >= 0.6 is 0 Å². The third-order valence-corrected chi connectivity index (χ3v) is 4.72. The Morgan fingerprint density at radius 1 is 1.23 bits per heavy atom. The zero-order valence-electron chi connectivity index (χ0n) is 12.7. The molecule has 1 aliphatic carbocycles. The maximum Gasteiger partial charge on any atom is 0.137 e. The predicted molar refractivity (Wildman–Crippen MR) is 84.8 cm³/mol. The molecule has 0 spiro atoms. The highest BCUT2D eigenvalue weighted by Crippen LogP contribution is 2.43. The fourth-order valence-electron chi connectivity index (χ4n) is 3.14. The molecule has 0 saturated heterocycles. The van der Waals surface area contributed by atoms with Gasteiger partial charge >= 0.3 is 0 Å². The maximum absolute atomic E-state index is 6.32. The van der Waals surface area contributed by atoms with Crippen molar-refractivity contribution in [2.75, 3.05) is 0 Å². The van der Waals surface area contributed by atoms with Crippen molar-refractivity contribution < 1.29 is 13.6 Å². The first-order valence-electron chi connectivity index (χ1n) is 7.96. The molecule has 0 bridgehead atoms. The van der Waals surface area contributed by atoms with Crippen molar-refractivity contribution in [3.8, 4) is 5.75 Å². The molecule has 1 saturated carbocycles.